The zero-order valence-electron chi connectivity index (χ0n) is 28.1. The largest absolute Gasteiger partial charge is 0.455 e. The lowest BCUT2D eigenvalue weighted by molar-refractivity contribution is 0.667. The first-order valence-electron chi connectivity index (χ1n) is 17.7. The van der Waals surface area contributed by atoms with Gasteiger partial charge in [-0.05, 0) is 86.3 Å². The highest BCUT2D eigenvalue weighted by Gasteiger charge is 2.32. The lowest BCUT2D eigenvalue weighted by Gasteiger charge is -2.25. The maximum Gasteiger partial charge on any atom is 0.143 e. The molecule has 9 aromatic rings. The molecule has 244 valence electrons. The maximum absolute atomic E-state index is 6.48. The van der Waals surface area contributed by atoms with Crippen molar-refractivity contribution in [3.8, 4) is 33.4 Å². The van der Waals surface area contributed by atoms with E-state index in [0.717, 1.165) is 66.7 Å². The summed E-state index contributed by atoms with van der Waals surface area (Å²) < 4.78 is 6.48. The molecule has 1 N–H and O–H groups in total. The quantitative estimate of drug-likeness (QED) is 0.190. The van der Waals surface area contributed by atoms with Gasteiger partial charge in [-0.2, -0.15) is 0 Å². The fraction of sp³-hybridized carbons (Fsp3) is 0.0208. The van der Waals surface area contributed by atoms with Crippen LogP contribution in [0.25, 0.3) is 82.4 Å². The number of furan rings is 1. The summed E-state index contributed by atoms with van der Waals surface area (Å²) >= 11 is 0. The number of hydrogen-bond acceptors (Lipinski definition) is 4. The number of fused-ring (bicyclic) bond motifs is 9. The van der Waals surface area contributed by atoms with Crippen molar-refractivity contribution in [2.24, 2.45) is 0 Å². The van der Waals surface area contributed by atoms with Crippen LogP contribution in [0.3, 0.4) is 0 Å². The van der Waals surface area contributed by atoms with Gasteiger partial charge in [0.2, 0.25) is 0 Å². The molecule has 0 amide bonds. The van der Waals surface area contributed by atoms with Gasteiger partial charge in [-0.15, -0.1) is 0 Å². The first kappa shape index (κ1) is 28.9. The standard InChI is InChI=1S/C48H31N3O/c1-2-14-36-32(10-1)25-42(39-16-4-3-15-38(36)39)43-26-35(31-12-7-11-30(24-31)33-13-9-23-49-28-33)27-44-47(43)50-46-22-21-34(29-51(44)46)37-18-8-19-41-40-17-5-6-20-45(40)52-48(37)41/h1-29,46,50H. The van der Waals surface area contributed by atoms with Gasteiger partial charge in [-0.1, -0.05) is 115 Å². The zero-order valence-corrected chi connectivity index (χ0v) is 28.1. The molecule has 11 rings (SSSR count). The van der Waals surface area contributed by atoms with Gasteiger partial charge in [0.05, 0.1) is 11.4 Å². The maximum atomic E-state index is 6.48. The van der Waals surface area contributed by atoms with Gasteiger partial charge in [0.25, 0.3) is 0 Å². The number of nitrogens with one attached hydrogen (secondary N) is 1. The summed E-state index contributed by atoms with van der Waals surface area (Å²) in [5.74, 6) is 0. The first-order valence-corrected chi connectivity index (χ1v) is 17.7. The second-order valence-electron chi connectivity index (χ2n) is 13.7. The van der Waals surface area contributed by atoms with Crippen molar-refractivity contribution < 1.29 is 4.42 Å². The van der Waals surface area contributed by atoms with Crippen LogP contribution < -0.4 is 10.2 Å². The van der Waals surface area contributed by atoms with Gasteiger partial charge in [-0.25, -0.2) is 0 Å². The molecule has 2 aliphatic rings. The summed E-state index contributed by atoms with van der Waals surface area (Å²) in [7, 11) is 0. The Bertz CT molecular complexity index is 2950. The van der Waals surface area contributed by atoms with E-state index in [0.29, 0.717) is 0 Å². The summed E-state index contributed by atoms with van der Waals surface area (Å²) in [5.41, 5.74) is 13.2. The molecule has 4 heterocycles. The van der Waals surface area contributed by atoms with Crippen LogP contribution in [0.5, 0.6) is 0 Å². The third-order valence-corrected chi connectivity index (χ3v) is 10.7. The van der Waals surface area contributed by atoms with E-state index in [4.69, 9.17) is 4.42 Å². The Balaban J connectivity index is 1.14. The molecule has 7 aromatic carbocycles. The van der Waals surface area contributed by atoms with Crippen LogP contribution in [0.15, 0.2) is 181 Å². The Morgan fingerprint density at radius 2 is 1.31 bits per heavy atom. The van der Waals surface area contributed by atoms with Crippen LogP contribution in [0.4, 0.5) is 11.4 Å². The minimum Gasteiger partial charge on any atom is -0.455 e. The Morgan fingerprint density at radius 1 is 0.558 bits per heavy atom. The van der Waals surface area contributed by atoms with Gasteiger partial charge < -0.3 is 14.6 Å². The molecule has 0 spiro atoms. The van der Waals surface area contributed by atoms with Gasteiger partial charge in [0, 0.05) is 51.6 Å². The molecule has 0 saturated carbocycles. The lowest BCUT2D eigenvalue weighted by Crippen LogP contribution is -2.31. The van der Waals surface area contributed by atoms with E-state index in [1.807, 2.05) is 30.6 Å². The van der Waals surface area contributed by atoms with E-state index in [9.17, 15) is 0 Å². The van der Waals surface area contributed by atoms with Crippen LogP contribution in [-0.4, -0.2) is 11.1 Å². The molecule has 2 aliphatic heterocycles. The Morgan fingerprint density at radius 3 is 2.19 bits per heavy atom. The second-order valence-corrected chi connectivity index (χ2v) is 13.7. The number of allylic oxidation sites excluding steroid dienone is 2. The number of hydrogen-bond donors (Lipinski definition) is 1. The van der Waals surface area contributed by atoms with E-state index in [-0.39, 0.29) is 6.17 Å². The average molecular weight is 666 g/mol. The highest BCUT2D eigenvalue weighted by atomic mass is 16.3. The van der Waals surface area contributed by atoms with Crippen molar-refractivity contribution in [1.29, 1.82) is 0 Å². The summed E-state index contributed by atoms with van der Waals surface area (Å²) in [5, 5.41) is 11.2. The fourth-order valence-corrected chi connectivity index (χ4v) is 8.23. The molecule has 52 heavy (non-hydrogen) atoms. The van der Waals surface area contributed by atoms with Crippen LogP contribution in [0.2, 0.25) is 0 Å². The number of benzene rings is 7. The van der Waals surface area contributed by atoms with E-state index < -0.39 is 0 Å². The van der Waals surface area contributed by atoms with E-state index >= 15 is 0 Å². The van der Waals surface area contributed by atoms with Crippen LogP contribution in [0, 0.1) is 0 Å². The number of rotatable bonds is 4. The molecule has 2 aromatic heterocycles. The van der Waals surface area contributed by atoms with Crippen molar-refractivity contribution in [2.45, 2.75) is 6.17 Å². The number of pyridine rings is 1. The van der Waals surface area contributed by atoms with E-state index in [1.54, 1.807) is 0 Å². The Labute approximate surface area is 300 Å². The van der Waals surface area contributed by atoms with Crippen molar-refractivity contribution in [3.63, 3.8) is 0 Å². The fourth-order valence-electron chi connectivity index (χ4n) is 8.23. The smallest absolute Gasteiger partial charge is 0.143 e. The summed E-state index contributed by atoms with van der Waals surface area (Å²) in [6, 6.07) is 52.2. The molecular formula is C48H31N3O. The van der Waals surface area contributed by atoms with E-state index in [1.165, 1.54) is 32.7 Å². The summed E-state index contributed by atoms with van der Waals surface area (Å²) in [6.45, 7) is 0. The molecule has 4 nitrogen and oxygen atoms in total. The minimum absolute atomic E-state index is 0.0314. The normalized spacial score (nSPS) is 14.9. The van der Waals surface area contributed by atoms with Crippen molar-refractivity contribution >= 4 is 60.4 Å². The third-order valence-electron chi connectivity index (χ3n) is 10.7. The molecule has 0 bridgehead atoms. The van der Waals surface area contributed by atoms with Gasteiger partial charge in [0.15, 0.2) is 0 Å². The predicted molar refractivity (Wildman–Crippen MR) is 216 cm³/mol. The molecular weight excluding hydrogens is 635 g/mol. The van der Waals surface area contributed by atoms with Crippen molar-refractivity contribution in [2.75, 3.05) is 10.2 Å². The predicted octanol–water partition coefficient (Wildman–Crippen LogP) is 12.5. The molecule has 1 atom stereocenters. The lowest BCUT2D eigenvalue weighted by atomic mass is 9.90. The van der Waals surface area contributed by atoms with Gasteiger partial charge >= 0.3 is 0 Å². The number of anilines is 2. The topological polar surface area (TPSA) is 41.3 Å². The molecule has 4 heteroatoms. The summed E-state index contributed by atoms with van der Waals surface area (Å²) in [6.07, 6.45) is 10.5. The van der Waals surface area contributed by atoms with Crippen LogP contribution in [0.1, 0.15) is 5.56 Å². The number of nitrogens with zero attached hydrogens (tertiary/aromatic N) is 2. The Kier molecular flexibility index (Phi) is 6.28. The first-order chi connectivity index (χ1) is 25.8. The third kappa shape index (κ3) is 4.44. The summed E-state index contributed by atoms with van der Waals surface area (Å²) in [4.78, 5) is 6.77. The van der Waals surface area contributed by atoms with Crippen molar-refractivity contribution in [3.05, 3.63) is 182 Å². The monoisotopic (exact) mass is 665 g/mol. The number of para-hydroxylation sites is 2. The molecule has 0 saturated heterocycles. The van der Waals surface area contributed by atoms with E-state index in [2.05, 4.69) is 161 Å². The van der Waals surface area contributed by atoms with Crippen molar-refractivity contribution in [1.82, 2.24) is 4.98 Å². The highest BCUT2D eigenvalue weighted by Crippen LogP contribution is 2.50. The zero-order chi connectivity index (χ0) is 34.2. The SMILES string of the molecule is C1=CC2Nc3c(-c4cc5ccccc5c5ccccc45)cc(-c4cccc(-c5cccnc5)c4)cc3N2C=C1c1cccc2c1oc1ccccc12. The van der Waals surface area contributed by atoms with Gasteiger partial charge in [0.1, 0.15) is 17.3 Å². The molecule has 0 fully saturated rings. The number of aromatic nitrogens is 1. The highest BCUT2D eigenvalue weighted by molar-refractivity contribution is 6.16. The van der Waals surface area contributed by atoms with Crippen LogP contribution >= 0.6 is 0 Å². The molecule has 1 unspecified atom stereocenters. The second kappa shape index (κ2) is 11.3. The Hall–Kier alpha value is -6.91. The van der Waals surface area contributed by atoms with Crippen LogP contribution in [-0.2, 0) is 0 Å². The molecule has 0 aliphatic carbocycles. The molecule has 0 radical (unpaired) electrons. The minimum atomic E-state index is -0.0314. The van der Waals surface area contributed by atoms with Gasteiger partial charge in [-0.3, -0.25) is 4.98 Å². The average Bonchev–Trinajstić information content (AvgIpc) is 3.79.